The smallest absolute Gasteiger partial charge is 0.306 e. The molecule has 0 bridgehead atoms. The van der Waals surface area contributed by atoms with E-state index in [1.807, 2.05) is 37.8 Å². The number of hydrogen-bond donors (Lipinski definition) is 1. The van der Waals surface area contributed by atoms with Crippen LogP contribution in [0.2, 0.25) is 0 Å². The average Bonchev–Trinajstić information content (AvgIpc) is 3.31. The molecular weight excluding hydrogens is 340 g/mol. The van der Waals surface area contributed by atoms with E-state index < -0.39 is 0 Å². The van der Waals surface area contributed by atoms with Crippen molar-refractivity contribution in [2.24, 2.45) is 13.0 Å². The maximum absolute atomic E-state index is 11.9. The summed E-state index contributed by atoms with van der Waals surface area (Å²) in [6, 6.07) is 6.32. The molecule has 0 unspecified atom stereocenters. The van der Waals surface area contributed by atoms with Crippen LogP contribution >= 0.6 is 0 Å². The highest BCUT2D eigenvalue weighted by Crippen LogP contribution is 2.37. The Kier molecular flexibility index (Phi) is 4.72. The van der Waals surface area contributed by atoms with E-state index in [-0.39, 0.29) is 12.1 Å². The molecule has 2 atom stereocenters. The number of fused-ring (bicyclic) bond motifs is 1. The minimum absolute atomic E-state index is 0.0353. The van der Waals surface area contributed by atoms with E-state index in [2.05, 4.69) is 27.2 Å². The lowest BCUT2D eigenvalue weighted by Gasteiger charge is -2.14. The number of aromatic amines is 1. The zero-order chi connectivity index (χ0) is 19.0. The van der Waals surface area contributed by atoms with Crippen LogP contribution in [0.5, 0.6) is 0 Å². The topological polar surface area (TPSA) is 72.8 Å². The van der Waals surface area contributed by atoms with Crippen molar-refractivity contribution < 1.29 is 9.53 Å². The van der Waals surface area contributed by atoms with Crippen molar-refractivity contribution in [3.05, 3.63) is 36.2 Å². The molecule has 6 nitrogen and oxygen atoms in total. The number of aryl methyl sites for hydroxylation is 1. The Hall–Kier alpha value is -2.63. The van der Waals surface area contributed by atoms with Crippen molar-refractivity contribution >= 4 is 17.0 Å². The van der Waals surface area contributed by atoms with E-state index in [0.29, 0.717) is 18.3 Å². The van der Waals surface area contributed by atoms with Gasteiger partial charge in [-0.2, -0.15) is 5.10 Å². The molecule has 0 spiro atoms. The first kappa shape index (κ1) is 17.8. The van der Waals surface area contributed by atoms with Gasteiger partial charge in [0, 0.05) is 31.2 Å². The van der Waals surface area contributed by atoms with Crippen molar-refractivity contribution in [3.8, 4) is 11.4 Å². The van der Waals surface area contributed by atoms with Crippen LogP contribution < -0.4 is 0 Å². The van der Waals surface area contributed by atoms with Crippen LogP contribution in [0, 0.1) is 5.92 Å². The van der Waals surface area contributed by atoms with E-state index in [1.54, 1.807) is 6.20 Å². The normalized spacial score (nSPS) is 19.9. The van der Waals surface area contributed by atoms with Gasteiger partial charge < -0.3 is 9.72 Å². The number of nitrogens with one attached hydrogen (secondary N) is 1. The molecule has 0 radical (unpaired) electrons. The summed E-state index contributed by atoms with van der Waals surface area (Å²) < 4.78 is 7.50. The Morgan fingerprint density at radius 3 is 2.96 bits per heavy atom. The summed E-state index contributed by atoms with van der Waals surface area (Å²) >= 11 is 0. The van der Waals surface area contributed by atoms with Gasteiger partial charge in [-0.15, -0.1) is 0 Å². The van der Waals surface area contributed by atoms with Gasteiger partial charge in [0.15, 0.2) is 0 Å². The predicted octanol–water partition coefficient (Wildman–Crippen LogP) is 4.19. The third-order valence-electron chi connectivity index (χ3n) is 5.32. The van der Waals surface area contributed by atoms with Crippen molar-refractivity contribution in [2.45, 2.75) is 51.6 Å². The second-order valence-corrected chi connectivity index (χ2v) is 7.95. The van der Waals surface area contributed by atoms with E-state index in [9.17, 15) is 4.79 Å². The zero-order valence-electron chi connectivity index (χ0n) is 16.1. The molecule has 3 aromatic rings. The first-order valence-electron chi connectivity index (χ1n) is 9.66. The molecule has 27 heavy (non-hydrogen) atoms. The summed E-state index contributed by atoms with van der Waals surface area (Å²) in [5.41, 5.74) is 4.16. The summed E-state index contributed by atoms with van der Waals surface area (Å²) in [7, 11) is 1.93. The van der Waals surface area contributed by atoms with Crippen molar-refractivity contribution in [1.82, 2.24) is 19.7 Å². The van der Waals surface area contributed by atoms with Crippen LogP contribution in [0.3, 0.4) is 0 Å². The highest BCUT2D eigenvalue weighted by atomic mass is 16.5. The van der Waals surface area contributed by atoms with Crippen molar-refractivity contribution in [2.75, 3.05) is 0 Å². The van der Waals surface area contributed by atoms with Gasteiger partial charge in [-0.05, 0) is 54.9 Å². The second-order valence-electron chi connectivity index (χ2n) is 7.95. The summed E-state index contributed by atoms with van der Waals surface area (Å²) in [6.45, 7) is 4.08. The largest absolute Gasteiger partial charge is 0.462 e. The Labute approximate surface area is 158 Å². The van der Waals surface area contributed by atoms with Gasteiger partial charge in [0.1, 0.15) is 11.8 Å². The molecule has 0 saturated heterocycles. The minimum Gasteiger partial charge on any atom is -0.462 e. The number of pyridine rings is 1. The molecule has 0 aromatic carbocycles. The Morgan fingerprint density at radius 1 is 1.37 bits per heavy atom. The molecule has 6 heteroatoms. The summed E-state index contributed by atoms with van der Waals surface area (Å²) in [6.07, 6.45) is 7.12. The third-order valence-corrected chi connectivity index (χ3v) is 5.32. The molecule has 4 rings (SSSR count). The SMILES string of the molecule is CC(C)CC(=O)O[C@@H]1CC[C@H](c2cnc3[nH]c(-c4ccnn4C)cc3c2)C1. The number of aromatic nitrogens is 4. The second kappa shape index (κ2) is 7.18. The zero-order valence-corrected chi connectivity index (χ0v) is 16.1. The Morgan fingerprint density at radius 2 is 2.22 bits per heavy atom. The van der Waals surface area contributed by atoms with Crippen LogP contribution in [0.4, 0.5) is 0 Å². The fourth-order valence-corrected chi connectivity index (χ4v) is 3.95. The minimum atomic E-state index is -0.0734. The van der Waals surface area contributed by atoms with Gasteiger partial charge >= 0.3 is 5.97 Å². The molecule has 0 amide bonds. The number of hydrogen-bond acceptors (Lipinski definition) is 4. The molecule has 1 saturated carbocycles. The predicted molar refractivity (Wildman–Crippen MR) is 104 cm³/mol. The maximum Gasteiger partial charge on any atom is 0.306 e. The standard InChI is InChI=1S/C21H26N4O2/c1-13(2)8-20(26)27-17-5-4-14(10-17)16-9-15-11-18(24-21(15)22-12-16)19-6-7-23-25(19)3/h6-7,9,11-14,17H,4-5,8,10H2,1-3H3,(H,22,24)/t14-,17+/m0/s1. The average molecular weight is 366 g/mol. The van der Waals surface area contributed by atoms with Crippen molar-refractivity contribution in [3.63, 3.8) is 0 Å². The molecule has 3 heterocycles. The van der Waals surface area contributed by atoms with Gasteiger partial charge in [-0.1, -0.05) is 13.8 Å². The summed E-state index contributed by atoms with van der Waals surface area (Å²) in [5, 5.41) is 5.33. The number of rotatable bonds is 5. The third kappa shape index (κ3) is 3.75. The van der Waals surface area contributed by atoms with E-state index >= 15 is 0 Å². The van der Waals surface area contributed by atoms with Crippen molar-refractivity contribution in [1.29, 1.82) is 0 Å². The van der Waals surface area contributed by atoms with Gasteiger partial charge in [-0.3, -0.25) is 9.48 Å². The lowest BCUT2D eigenvalue weighted by Crippen LogP contribution is -2.16. The quantitative estimate of drug-likeness (QED) is 0.687. The Balaban J connectivity index is 1.48. The summed E-state index contributed by atoms with van der Waals surface area (Å²) in [4.78, 5) is 19.9. The molecule has 3 aromatic heterocycles. The van der Waals surface area contributed by atoms with E-state index in [1.165, 1.54) is 5.56 Å². The molecule has 1 aliphatic carbocycles. The first-order valence-corrected chi connectivity index (χ1v) is 9.66. The van der Waals surface area contributed by atoms with Gasteiger partial charge in [-0.25, -0.2) is 4.98 Å². The van der Waals surface area contributed by atoms with Gasteiger partial charge in [0.05, 0.1) is 11.4 Å². The summed E-state index contributed by atoms with van der Waals surface area (Å²) in [5.74, 6) is 0.660. The Bertz CT molecular complexity index is 956. The molecule has 1 aliphatic rings. The fraction of sp³-hybridized carbons (Fsp3) is 0.476. The first-order chi connectivity index (χ1) is 13.0. The highest BCUT2D eigenvalue weighted by Gasteiger charge is 2.29. The van der Waals surface area contributed by atoms with Crippen LogP contribution in [0.25, 0.3) is 22.4 Å². The molecule has 1 fully saturated rings. The number of ether oxygens (including phenoxy) is 1. The monoisotopic (exact) mass is 366 g/mol. The molecule has 1 N–H and O–H groups in total. The van der Waals surface area contributed by atoms with Crippen LogP contribution in [0.15, 0.2) is 30.6 Å². The van der Waals surface area contributed by atoms with Gasteiger partial charge in [0.25, 0.3) is 0 Å². The lowest BCUT2D eigenvalue weighted by molar-refractivity contribution is -0.149. The van der Waals surface area contributed by atoms with Gasteiger partial charge in [0.2, 0.25) is 0 Å². The fourth-order valence-electron chi connectivity index (χ4n) is 3.95. The van der Waals surface area contributed by atoms with Crippen LogP contribution in [-0.2, 0) is 16.6 Å². The van der Waals surface area contributed by atoms with Crippen LogP contribution in [0.1, 0.15) is 51.0 Å². The number of H-pyrrole nitrogens is 1. The molecule has 0 aliphatic heterocycles. The molecular formula is C21H26N4O2. The molecule has 142 valence electrons. The number of carbonyl (C=O) groups excluding carboxylic acids is 1. The van der Waals surface area contributed by atoms with Crippen LogP contribution in [-0.4, -0.2) is 31.8 Å². The van der Waals surface area contributed by atoms with E-state index in [0.717, 1.165) is 41.7 Å². The maximum atomic E-state index is 11.9. The number of carbonyl (C=O) groups is 1. The number of nitrogens with zero attached hydrogens (tertiary/aromatic N) is 3. The number of esters is 1. The lowest BCUT2D eigenvalue weighted by atomic mass is 9.98. The highest BCUT2D eigenvalue weighted by molar-refractivity contribution is 5.82. The van der Waals surface area contributed by atoms with E-state index in [4.69, 9.17) is 4.74 Å².